The van der Waals surface area contributed by atoms with Gasteiger partial charge in [0, 0.05) is 10.5 Å². The van der Waals surface area contributed by atoms with Gasteiger partial charge in [0.25, 0.3) is 0 Å². The summed E-state index contributed by atoms with van der Waals surface area (Å²) >= 11 is 1.70. The molecule has 3 nitrogen and oxygen atoms in total. The summed E-state index contributed by atoms with van der Waals surface area (Å²) in [4.78, 5) is 12.2. The van der Waals surface area contributed by atoms with Crippen LogP contribution in [0.25, 0.3) is 11.3 Å². The largest absolute Gasteiger partial charge is 0.296 e. The lowest BCUT2D eigenvalue weighted by molar-refractivity contribution is 0.111. The molecule has 0 aliphatic heterocycles. The van der Waals surface area contributed by atoms with E-state index in [1.165, 1.54) is 4.90 Å². The highest BCUT2D eigenvalue weighted by atomic mass is 32.2. The van der Waals surface area contributed by atoms with Crippen LogP contribution in [0.15, 0.2) is 47.9 Å². The predicted octanol–water partition coefficient (Wildman–Crippen LogP) is 3.27. The van der Waals surface area contributed by atoms with E-state index in [0.717, 1.165) is 17.5 Å². The summed E-state index contributed by atoms with van der Waals surface area (Å²) in [6, 6.07) is 9.92. The second-order valence-corrected chi connectivity index (χ2v) is 4.65. The van der Waals surface area contributed by atoms with E-state index in [1.54, 1.807) is 28.6 Å². The van der Waals surface area contributed by atoms with E-state index < -0.39 is 0 Å². The van der Waals surface area contributed by atoms with Gasteiger partial charge in [0.05, 0.1) is 12.2 Å². The van der Waals surface area contributed by atoms with Crippen molar-refractivity contribution >= 4 is 18.0 Å². The van der Waals surface area contributed by atoms with Gasteiger partial charge in [-0.25, -0.2) is 0 Å². The number of allylic oxidation sites excluding steroid dienone is 1. The smallest absolute Gasteiger partial charge is 0.168 e. The lowest BCUT2D eigenvalue weighted by Crippen LogP contribution is -2.01. The third-order valence-electron chi connectivity index (χ3n) is 2.62. The third-order valence-corrected chi connectivity index (χ3v) is 3.36. The van der Waals surface area contributed by atoms with Crippen LogP contribution in [0.1, 0.15) is 10.5 Å². The average Bonchev–Trinajstić information content (AvgIpc) is 2.82. The fourth-order valence-electron chi connectivity index (χ4n) is 1.70. The van der Waals surface area contributed by atoms with Crippen molar-refractivity contribution in [3.8, 4) is 11.3 Å². The van der Waals surface area contributed by atoms with Gasteiger partial charge < -0.3 is 0 Å². The monoisotopic (exact) mass is 258 g/mol. The Bertz CT molecular complexity index is 558. The van der Waals surface area contributed by atoms with Gasteiger partial charge in [-0.15, -0.1) is 18.3 Å². The molecule has 0 saturated heterocycles. The quantitative estimate of drug-likeness (QED) is 0.469. The average molecular weight is 258 g/mol. The molecule has 2 rings (SSSR count). The Hall–Kier alpha value is -1.81. The fourth-order valence-corrected chi connectivity index (χ4v) is 2.11. The van der Waals surface area contributed by atoms with Crippen LogP contribution < -0.4 is 0 Å². The van der Waals surface area contributed by atoms with Gasteiger partial charge in [0.15, 0.2) is 6.29 Å². The minimum Gasteiger partial charge on any atom is -0.296 e. The van der Waals surface area contributed by atoms with Crippen LogP contribution in [0.4, 0.5) is 0 Å². The summed E-state index contributed by atoms with van der Waals surface area (Å²) in [6.45, 7) is 4.20. The summed E-state index contributed by atoms with van der Waals surface area (Å²) in [6.07, 6.45) is 4.58. The first-order valence-electron chi connectivity index (χ1n) is 5.57. The van der Waals surface area contributed by atoms with Crippen molar-refractivity contribution in [3.05, 3.63) is 48.7 Å². The normalized spacial score (nSPS) is 10.3. The Labute approximate surface area is 111 Å². The molecule has 0 saturated carbocycles. The second kappa shape index (κ2) is 5.69. The molecule has 0 fully saturated rings. The summed E-state index contributed by atoms with van der Waals surface area (Å²) in [5.74, 6) is 0. The van der Waals surface area contributed by atoms with Crippen LogP contribution in [0.5, 0.6) is 0 Å². The van der Waals surface area contributed by atoms with Crippen molar-refractivity contribution in [3.63, 3.8) is 0 Å². The molecule has 1 aromatic heterocycles. The maximum Gasteiger partial charge on any atom is 0.168 e. The Morgan fingerprint density at radius 2 is 2.11 bits per heavy atom. The summed E-state index contributed by atoms with van der Waals surface area (Å²) in [7, 11) is 0. The molecule has 92 valence electrons. The summed E-state index contributed by atoms with van der Waals surface area (Å²) in [5, 5.41) is 4.40. The Morgan fingerprint density at radius 1 is 1.39 bits per heavy atom. The van der Waals surface area contributed by atoms with E-state index in [9.17, 15) is 4.79 Å². The van der Waals surface area contributed by atoms with Crippen molar-refractivity contribution in [2.75, 3.05) is 6.26 Å². The molecule has 0 aliphatic rings. The number of thioether (sulfide) groups is 1. The van der Waals surface area contributed by atoms with Gasteiger partial charge in [-0.05, 0) is 24.5 Å². The molecule has 0 atom stereocenters. The first kappa shape index (κ1) is 12.6. The number of hydrogen-bond donors (Lipinski definition) is 0. The molecule has 18 heavy (non-hydrogen) atoms. The number of carbonyl (C=O) groups is 1. The van der Waals surface area contributed by atoms with Crippen LogP contribution in [-0.4, -0.2) is 22.3 Å². The first-order chi connectivity index (χ1) is 8.78. The highest BCUT2D eigenvalue weighted by molar-refractivity contribution is 7.98. The predicted molar refractivity (Wildman–Crippen MR) is 75.0 cm³/mol. The molecule has 0 bridgehead atoms. The lowest BCUT2D eigenvalue weighted by Gasteiger charge is -1.99. The molecule has 0 unspecified atom stereocenters. The van der Waals surface area contributed by atoms with Crippen molar-refractivity contribution in [1.29, 1.82) is 0 Å². The van der Waals surface area contributed by atoms with Crippen molar-refractivity contribution < 1.29 is 4.79 Å². The molecule has 0 spiro atoms. The SMILES string of the molecule is C=CCn1nc(-c2ccc(SC)cc2)cc1C=O. The van der Waals surface area contributed by atoms with E-state index in [0.29, 0.717) is 12.2 Å². The van der Waals surface area contributed by atoms with Crippen LogP contribution in [0.2, 0.25) is 0 Å². The van der Waals surface area contributed by atoms with Gasteiger partial charge in [0.2, 0.25) is 0 Å². The van der Waals surface area contributed by atoms with Crippen molar-refractivity contribution in [1.82, 2.24) is 9.78 Å². The number of rotatable bonds is 5. The third kappa shape index (κ3) is 2.54. The number of benzene rings is 1. The molecule has 1 heterocycles. The highest BCUT2D eigenvalue weighted by Gasteiger charge is 2.07. The standard InChI is InChI=1S/C14H14N2OS/c1-3-8-16-12(10-17)9-14(15-16)11-4-6-13(18-2)7-5-11/h3-7,9-10H,1,8H2,2H3. The number of aromatic nitrogens is 2. The zero-order chi connectivity index (χ0) is 13.0. The maximum atomic E-state index is 10.9. The molecule has 0 N–H and O–H groups in total. The molecule has 0 aliphatic carbocycles. The first-order valence-corrected chi connectivity index (χ1v) is 6.79. The van der Waals surface area contributed by atoms with E-state index in [-0.39, 0.29) is 0 Å². The van der Waals surface area contributed by atoms with Gasteiger partial charge >= 0.3 is 0 Å². The van der Waals surface area contributed by atoms with Crippen molar-refractivity contribution in [2.24, 2.45) is 0 Å². The Kier molecular flexibility index (Phi) is 3.99. The minimum atomic E-state index is 0.539. The Morgan fingerprint density at radius 3 is 2.67 bits per heavy atom. The highest BCUT2D eigenvalue weighted by Crippen LogP contribution is 2.22. The van der Waals surface area contributed by atoms with Gasteiger partial charge in [-0.3, -0.25) is 9.48 Å². The second-order valence-electron chi connectivity index (χ2n) is 3.77. The van der Waals surface area contributed by atoms with Gasteiger partial charge in [-0.1, -0.05) is 18.2 Å². The lowest BCUT2D eigenvalue weighted by atomic mass is 10.1. The summed E-state index contributed by atoms with van der Waals surface area (Å²) < 4.78 is 1.65. The summed E-state index contributed by atoms with van der Waals surface area (Å²) in [5.41, 5.74) is 2.39. The van der Waals surface area contributed by atoms with Crippen LogP contribution in [0.3, 0.4) is 0 Å². The topological polar surface area (TPSA) is 34.9 Å². The maximum absolute atomic E-state index is 10.9. The zero-order valence-electron chi connectivity index (χ0n) is 10.2. The molecule has 0 amide bonds. The molecule has 1 aromatic carbocycles. The molecular formula is C14H14N2OS. The fraction of sp³-hybridized carbons (Fsp3) is 0.143. The van der Waals surface area contributed by atoms with Crippen LogP contribution in [0, 0.1) is 0 Å². The molecule has 2 aromatic rings. The van der Waals surface area contributed by atoms with Crippen LogP contribution in [-0.2, 0) is 6.54 Å². The van der Waals surface area contributed by atoms with Gasteiger partial charge in [-0.2, -0.15) is 5.10 Å². The van der Waals surface area contributed by atoms with E-state index in [1.807, 2.05) is 30.5 Å². The molecule has 0 radical (unpaired) electrons. The number of aldehydes is 1. The minimum absolute atomic E-state index is 0.539. The number of carbonyl (C=O) groups excluding carboxylic acids is 1. The number of hydrogen-bond acceptors (Lipinski definition) is 3. The van der Waals surface area contributed by atoms with E-state index in [4.69, 9.17) is 0 Å². The van der Waals surface area contributed by atoms with Gasteiger partial charge in [0.1, 0.15) is 5.69 Å². The van der Waals surface area contributed by atoms with E-state index >= 15 is 0 Å². The Balaban J connectivity index is 2.37. The zero-order valence-corrected chi connectivity index (χ0v) is 11.0. The number of nitrogens with zero attached hydrogens (tertiary/aromatic N) is 2. The molecular weight excluding hydrogens is 244 g/mol. The van der Waals surface area contributed by atoms with E-state index in [2.05, 4.69) is 11.7 Å². The van der Waals surface area contributed by atoms with Crippen LogP contribution >= 0.6 is 11.8 Å². The van der Waals surface area contributed by atoms with Crippen molar-refractivity contribution in [2.45, 2.75) is 11.4 Å². The molecule has 4 heteroatoms.